The number of rotatable bonds is 5. The number of sulfonamides is 1. The largest absolute Gasteiger partial charge is 0.283 e. The fourth-order valence-electron chi connectivity index (χ4n) is 2.16. The zero-order chi connectivity index (χ0) is 15.5. The number of aryl methyl sites for hydroxylation is 1. The molecule has 0 bridgehead atoms. The van der Waals surface area contributed by atoms with Crippen molar-refractivity contribution >= 4 is 31.6 Å². The molecule has 0 saturated carbocycles. The van der Waals surface area contributed by atoms with Gasteiger partial charge in [-0.15, -0.1) is 0 Å². The summed E-state index contributed by atoms with van der Waals surface area (Å²) in [5.74, 6) is 0.00596. The highest BCUT2D eigenvalue weighted by Crippen LogP contribution is 2.23. The van der Waals surface area contributed by atoms with Gasteiger partial charge in [0, 0.05) is 4.47 Å². The molecule has 3 nitrogen and oxygen atoms in total. The molecular weight excluding hydrogens is 350 g/mol. The van der Waals surface area contributed by atoms with Gasteiger partial charge in [0.05, 0.1) is 11.4 Å². The summed E-state index contributed by atoms with van der Waals surface area (Å²) in [6, 6.07) is 15.1. The molecule has 0 saturated heterocycles. The minimum Gasteiger partial charge on any atom is -0.283 e. The van der Waals surface area contributed by atoms with Crippen LogP contribution in [0.5, 0.6) is 0 Å². The maximum absolute atomic E-state index is 12.3. The van der Waals surface area contributed by atoms with Crippen LogP contribution in [-0.2, 0) is 10.0 Å². The predicted octanol–water partition coefficient (Wildman–Crippen LogP) is 4.30. The summed E-state index contributed by atoms with van der Waals surface area (Å²) < 4.78 is 28.2. The van der Waals surface area contributed by atoms with E-state index < -0.39 is 10.0 Å². The summed E-state index contributed by atoms with van der Waals surface area (Å²) >= 11 is 3.37. The lowest BCUT2D eigenvalue weighted by molar-refractivity contribution is 0.595. The smallest absolute Gasteiger partial charge is 0.233 e. The summed E-state index contributed by atoms with van der Waals surface area (Å²) in [4.78, 5) is 0. The molecule has 0 aromatic heterocycles. The first-order valence-electron chi connectivity index (χ1n) is 6.69. The summed E-state index contributed by atoms with van der Waals surface area (Å²) in [7, 11) is -3.38. The number of hydrogen-bond acceptors (Lipinski definition) is 2. The zero-order valence-electron chi connectivity index (χ0n) is 12.0. The third-order valence-electron chi connectivity index (χ3n) is 3.29. The fraction of sp³-hybridized carbons (Fsp3) is 0.250. The van der Waals surface area contributed by atoms with Crippen molar-refractivity contribution in [3.8, 4) is 0 Å². The van der Waals surface area contributed by atoms with E-state index in [1.807, 2.05) is 56.3 Å². The van der Waals surface area contributed by atoms with Crippen LogP contribution in [0.2, 0.25) is 0 Å². The Bertz CT molecular complexity index is 714. The van der Waals surface area contributed by atoms with E-state index in [2.05, 4.69) is 20.7 Å². The molecule has 21 heavy (non-hydrogen) atoms. The average Bonchev–Trinajstić information content (AvgIpc) is 2.42. The number of halogens is 1. The topological polar surface area (TPSA) is 46.2 Å². The minimum absolute atomic E-state index is 0.0561. The number of nitrogens with one attached hydrogen (secondary N) is 1. The van der Waals surface area contributed by atoms with Crippen LogP contribution in [0.15, 0.2) is 53.0 Å². The van der Waals surface area contributed by atoms with Gasteiger partial charge in [-0.05, 0) is 42.2 Å². The first kappa shape index (κ1) is 16.0. The lowest BCUT2D eigenvalue weighted by Gasteiger charge is -2.15. The number of hydrogen-bond donors (Lipinski definition) is 1. The minimum atomic E-state index is -3.38. The van der Waals surface area contributed by atoms with Gasteiger partial charge in [-0.3, -0.25) is 4.72 Å². The van der Waals surface area contributed by atoms with Gasteiger partial charge < -0.3 is 0 Å². The Kier molecular flexibility index (Phi) is 5.06. The van der Waals surface area contributed by atoms with Crippen LogP contribution < -0.4 is 4.72 Å². The molecule has 2 aromatic rings. The molecule has 0 aliphatic carbocycles. The monoisotopic (exact) mass is 367 g/mol. The van der Waals surface area contributed by atoms with E-state index in [9.17, 15) is 8.42 Å². The SMILES string of the molecule is Cc1cc(Br)ccc1NS(=O)(=O)CC(C)c1ccccc1. The third kappa shape index (κ3) is 4.58. The van der Waals surface area contributed by atoms with Crippen LogP contribution in [0, 0.1) is 6.92 Å². The molecule has 0 amide bonds. The van der Waals surface area contributed by atoms with Crippen molar-refractivity contribution < 1.29 is 8.42 Å². The molecule has 5 heteroatoms. The van der Waals surface area contributed by atoms with Gasteiger partial charge in [-0.1, -0.05) is 53.2 Å². The molecular formula is C16H18BrNO2S. The standard InChI is InChI=1S/C16H18BrNO2S/c1-12-10-15(17)8-9-16(12)18-21(19,20)11-13(2)14-6-4-3-5-7-14/h3-10,13,18H,11H2,1-2H3. The molecule has 0 heterocycles. The Morgan fingerprint density at radius 2 is 1.81 bits per heavy atom. The van der Waals surface area contributed by atoms with Gasteiger partial charge in [-0.2, -0.15) is 0 Å². The number of anilines is 1. The molecule has 0 aliphatic rings. The van der Waals surface area contributed by atoms with E-state index in [0.717, 1.165) is 15.6 Å². The number of benzene rings is 2. The van der Waals surface area contributed by atoms with Gasteiger partial charge in [0.2, 0.25) is 10.0 Å². The van der Waals surface area contributed by atoms with Crippen LogP contribution in [0.3, 0.4) is 0 Å². The summed E-state index contributed by atoms with van der Waals surface area (Å²) in [5, 5.41) is 0. The van der Waals surface area contributed by atoms with Crippen molar-refractivity contribution in [3.63, 3.8) is 0 Å². The summed E-state index contributed by atoms with van der Waals surface area (Å²) in [6.07, 6.45) is 0. The second-order valence-corrected chi connectivity index (χ2v) is 7.84. The van der Waals surface area contributed by atoms with Gasteiger partial charge in [0.15, 0.2) is 0 Å². The first-order chi connectivity index (χ1) is 9.87. The Balaban J connectivity index is 2.12. The molecule has 1 unspecified atom stereocenters. The maximum Gasteiger partial charge on any atom is 0.233 e. The van der Waals surface area contributed by atoms with Gasteiger partial charge >= 0.3 is 0 Å². The van der Waals surface area contributed by atoms with E-state index >= 15 is 0 Å². The van der Waals surface area contributed by atoms with Crippen LogP contribution in [-0.4, -0.2) is 14.2 Å². The lowest BCUT2D eigenvalue weighted by atomic mass is 10.0. The first-order valence-corrected chi connectivity index (χ1v) is 9.13. The lowest BCUT2D eigenvalue weighted by Crippen LogP contribution is -2.21. The third-order valence-corrected chi connectivity index (χ3v) is 5.25. The van der Waals surface area contributed by atoms with E-state index in [-0.39, 0.29) is 11.7 Å². The maximum atomic E-state index is 12.3. The van der Waals surface area contributed by atoms with Gasteiger partial charge in [-0.25, -0.2) is 8.42 Å². The predicted molar refractivity (Wildman–Crippen MR) is 91.1 cm³/mol. The Labute approximate surface area is 134 Å². The van der Waals surface area contributed by atoms with Crippen molar-refractivity contribution in [2.75, 3.05) is 10.5 Å². The quantitative estimate of drug-likeness (QED) is 0.855. The second-order valence-electron chi connectivity index (χ2n) is 5.15. The Morgan fingerprint density at radius 3 is 2.43 bits per heavy atom. The van der Waals surface area contributed by atoms with E-state index in [4.69, 9.17) is 0 Å². The molecule has 1 atom stereocenters. The highest BCUT2D eigenvalue weighted by Gasteiger charge is 2.17. The normalized spacial score (nSPS) is 12.9. The molecule has 112 valence electrons. The summed E-state index contributed by atoms with van der Waals surface area (Å²) in [6.45, 7) is 3.80. The van der Waals surface area contributed by atoms with Gasteiger partial charge in [0.1, 0.15) is 0 Å². The molecule has 2 rings (SSSR count). The highest BCUT2D eigenvalue weighted by atomic mass is 79.9. The molecule has 0 fully saturated rings. The van der Waals surface area contributed by atoms with Crippen LogP contribution in [0.1, 0.15) is 24.0 Å². The van der Waals surface area contributed by atoms with E-state index in [1.54, 1.807) is 6.07 Å². The van der Waals surface area contributed by atoms with Gasteiger partial charge in [0.25, 0.3) is 0 Å². The van der Waals surface area contributed by atoms with Crippen LogP contribution in [0.4, 0.5) is 5.69 Å². The molecule has 0 aliphatic heterocycles. The van der Waals surface area contributed by atoms with Crippen molar-refractivity contribution in [3.05, 3.63) is 64.1 Å². The van der Waals surface area contributed by atoms with Crippen LogP contribution >= 0.6 is 15.9 Å². The van der Waals surface area contributed by atoms with Crippen molar-refractivity contribution in [1.29, 1.82) is 0 Å². The van der Waals surface area contributed by atoms with Crippen molar-refractivity contribution in [2.45, 2.75) is 19.8 Å². The Morgan fingerprint density at radius 1 is 1.14 bits per heavy atom. The molecule has 1 N–H and O–H groups in total. The zero-order valence-corrected chi connectivity index (χ0v) is 14.4. The molecule has 2 aromatic carbocycles. The molecule has 0 spiro atoms. The summed E-state index contributed by atoms with van der Waals surface area (Å²) in [5.41, 5.74) is 2.54. The van der Waals surface area contributed by atoms with Crippen molar-refractivity contribution in [2.24, 2.45) is 0 Å². The fourth-order valence-corrected chi connectivity index (χ4v) is 4.13. The van der Waals surface area contributed by atoms with Crippen molar-refractivity contribution in [1.82, 2.24) is 0 Å². The van der Waals surface area contributed by atoms with Crippen LogP contribution in [0.25, 0.3) is 0 Å². The Hall–Kier alpha value is -1.33. The second kappa shape index (κ2) is 6.62. The van der Waals surface area contributed by atoms with E-state index in [1.165, 1.54) is 0 Å². The van der Waals surface area contributed by atoms with E-state index in [0.29, 0.717) is 5.69 Å². The highest BCUT2D eigenvalue weighted by molar-refractivity contribution is 9.10. The molecule has 0 radical (unpaired) electrons. The average molecular weight is 368 g/mol.